The van der Waals surface area contributed by atoms with Crippen LogP contribution in [0.25, 0.3) is 0 Å². The molecule has 1 heterocycles. The van der Waals surface area contributed by atoms with Gasteiger partial charge in [0, 0.05) is 30.2 Å². The highest BCUT2D eigenvalue weighted by atomic mass is 19.1. The Morgan fingerprint density at radius 3 is 2.36 bits per heavy atom. The molecule has 1 aliphatic rings. The van der Waals surface area contributed by atoms with E-state index in [1.165, 1.54) is 24.3 Å². The molecule has 1 fully saturated rings. The molecule has 5 nitrogen and oxygen atoms in total. The third kappa shape index (κ3) is 6.12. The molecule has 1 aromatic carbocycles. The quantitative estimate of drug-likeness (QED) is 0.829. The van der Waals surface area contributed by atoms with Gasteiger partial charge in [0.15, 0.2) is 0 Å². The molecular weight excluding hydrogens is 321 g/mol. The maximum atomic E-state index is 12.9. The fourth-order valence-corrected chi connectivity index (χ4v) is 2.81. The molecule has 0 saturated carbocycles. The molecule has 25 heavy (non-hydrogen) atoms. The highest BCUT2D eigenvalue weighted by molar-refractivity contribution is 5.94. The maximum Gasteiger partial charge on any atom is 0.251 e. The monoisotopic (exact) mass is 349 g/mol. The first-order valence-corrected chi connectivity index (χ1v) is 8.89. The molecule has 0 spiro atoms. The second-order valence-corrected chi connectivity index (χ2v) is 7.32. The molecule has 0 unspecified atom stereocenters. The summed E-state index contributed by atoms with van der Waals surface area (Å²) < 4.78 is 12.9. The lowest BCUT2D eigenvalue weighted by Gasteiger charge is -2.33. The Kier molecular flexibility index (Phi) is 6.53. The van der Waals surface area contributed by atoms with Gasteiger partial charge >= 0.3 is 0 Å². The van der Waals surface area contributed by atoms with Crippen molar-refractivity contribution in [1.29, 1.82) is 0 Å². The van der Waals surface area contributed by atoms with Gasteiger partial charge in [0.2, 0.25) is 5.91 Å². The summed E-state index contributed by atoms with van der Waals surface area (Å²) in [5, 5.41) is 6.03. The van der Waals surface area contributed by atoms with Crippen molar-refractivity contribution in [2.75, 3.05) is 19.6 Å². The van der Waals surface area contributed by atoms with Gasteiger partial charge in [-0.05, 0) is 57.4 Å². The van der Waals surface area contributed by atoms with Crippen LogP contribution in [0, 0.1) is 5.82 Å². The van der Waals surface area contributed by atoms with Crippen LogP contribution in [-0.4, -0.2) is 47.9 Å². The summed E-state index contributed by atoms with van der Waals surface area (Å²) in [4.78, 5) is 26.4. The number of carbonyl (C=O) groups excluding carboxylic acids is 2. The van der Waals surface area contributed by atoms with Crippen molar-refractivity contribution < 1.29 is 14.0 Å². The van der Waals surface area contributed by atoms with E-state index in [0.29, 0.717) is 12.1 Å². The zero-order chi connectivity index (χ0) is 18.4. The van der Waals surface area contributed by atoms with E-state index in [1.54, 1.807) is 0 Å². The van der Waals surface area contributed by atoms with Gasteiger partial charge < -0.3 is 10.6 Å². The Balaban J connectivity index is 1.75. The molecule has 6 heteroatoms. The molecule has 138 valence electrons. The molecule has 0 radical (unpaired) electrons. The Bertz CT molecular complexity index is 593. The first kappa shape index (κ1) is 19.4. The van der Waals surface area contributed by atoms with E-state index in [1.807, 2.05) is 13.8 Å². The third-order valence-electron chi connectivity index (χ3n) is 4.76. The minimum atomic E-state index is -0.352. The molecule has 0 atom stereocenters. The van der Waals surface area contributed by atoms with Gasteiger partial charge in [-0.15, -0.1) is 0 Å². The van der Waals surface area contributed by atoms with E-state index in [4.69, 9.17) is 0 Å². The van der Waals surface area contributed by atoms with Gasteiger partial charge in [0.05, 0.1) is 6.54 Å². The van der Waals surface area contributed by atoms with Crippen molar-refractivity contribution in [3.05, 3.63) is 35.6 Å². The highest BCUT2D eigenvalue weighted by Gasteiger charge is 2.24. The minimum Gasteiger partial charge on any atom is -0.350 e. The van der Waals surface area contributed by atoms with Crippen LogP contribution in [-0.2, 0) is 4.79 Å². The predicted molar refractivity (Wildman–Crippen MR) is 95.8 cm³/mol. The van der Waals surface area contributed by atoms with E-state index in [0.717, 1.165) is 32.4 Å². The number of nitrogens with zero attached hydrogens (tertiary/aromatic N) is 1. The van der Waals surface area contributed by atoms with Crippen molar-refractivity contribution in [1.82, 2.24) is 15.5 Å². The zero-order valence-corrected chi connectivity index (χ0v) is 15.3. The maximum absolute atomic E-state index is 12.9. The lowest BCUT2D eigenvalue weighted by atomic mass is 10.0. The molecule has 0 aliphatic carbocycles. The lowest BCUT2D eigenvalue weighted by molar-refractivity contribution is -0.124. The van der Waals surface area contributed by atoms with Crippen molar-refractivity contribution in [3.63, 3.8) is 0 Å². The fourth-order valence-electron chi connectivity index (χ4n) is 2.81. The van der Waals surface area contributed by atoms with Crippen molar-refractivity contribution in [2.45, 2.75) is 51.6 Å². The molecule has 0 bridgehead atoms. The van der Waals surface area contributed by atoms with Crippen molar-refractivity contribution >= 4 is 11.8 Å². The number of rotatable bonds is 6. The Morgan fingerprint density at radius 1 is 1.20 bits per heavy atom. The standard InChI is InChI=1S/C19H28FN3O2/c1-4-19(2,3)22-17(24)13-23-11-9-16(10-12-23)21-18(25)14-5-7-15(20)8-6-14/h5-8,16H,4,9-13H2,1-3H3,(H,21,25)(H,22,24). The molecule has 1 aliphatic heterocycles. The molecule has 2 N–H and O–H groups in total. The number of benzene rings is 1. The average Bonchev–Trinajstić information content (AvgIpc) is 2.56. The van der Waals surface area contributed by atoms with E-state index in [2.05, 4.69) is 22.5 Å². The van der Waals surface area contributed by atoms with Crippen molar-refractivity contribution in [3.8, 4) is 0 Å². The SMILES string of the molecule is CCC(C)(C)NC(=O)CN1CCC(NC(=O)c2ccc(F)cc2)CC1. The van der Waals surface area contributed by atoms with E-state index in [9.17, 15) is 14.0 Å². The first-order chi connectivity index (χ1) is 11.8. The number of nitrogens with one attached hydrogen (secondary N) is 2. The summed E-state index contributed by atoms with van der Waals surface area (Å²) in [6, 6.07) is 5.63. The van der Waals surface area contributed by atoms with Crippen LogP contribution in [0.1, 0.15) is 50.4 Å². The molecular formula is C19H28FN3O2. The summed E-state index contributed by atoms with van der Waals surface area (Å²) >= 11 is 0. The number of piperidine rings is 1. The number of halogens is 1. The lowest BCUT2D eigenvalue weighted by Crippen LogP contribution is -2.50. The summed E-state index contributed by atoms with van der Waals surface area (Å²) in [6.45, 7) is 8.02. The van der Waals surface area contributed by atoms with Gasteiger partial charge in [-0.3, -0.25) is 14.5 Å². The van der Waals surface area contributed by atoms with Gasteiger partial charge in [-0.2, -0.15) is 0 Å². The minimum absolute atomic E-state index is 0.0423. The van der Waals surface area contributed by atoms with E-state index in [-0.39, 0.29) is 29.2 Å². The topological polar surface area (TPSA) is 61.4 Å². The van der Waals surface area contributed by atoms with Gasteiger partial charge in [-0.1, -0.05) is 6.92 Å². The summed E-state index contributed by atoms with van der Waals surface area (Å²) in [5.74, 6) is -0.490. The molecule has 2 amide bonds. The number of likely N-dealkylation sites (tertiary alicyclic amines) is 1. The van der Waals surface area contributed by atoms with Crippen LogP contribution >= 0.6 is 0 Å². The van der Waals surface area contributed by atoms with Gasteiger partial charge in [-0.25, -0.2) is 4.39 Å². The Labute approximate surface area is 149 Å². The summed E-state index contributed by atoms with van der Waals surface area (Å²) in [6.07, 6.45) is 2.49. The average molecular weight is 349 g/mol. The normalized spacial score (nSPS) is 16.5. The number of hydrogen-bond acceptors (Lipinski definition) is 3. The zero-order valence-electron chi connectivity index (χ0n) is 15.3. The smallest absolute Gasteiger partial charge is 0.251 e. The molecule has 2 rings (SSSR count). The number of carbonyl (C=O) groups is 2. The van der Waals surface area contributed by atoms with E-state index >= 15 is 0 Å². The van der Waals surface area contributed by atoms with Crippen LogP contribution < -0.4 is 10.6 Å². The number of hydrogen-bond donors (Lipinski definition) is 2. The van der Waals surface area contributed by atoms with Crippen molar-refractivity contribution in [2.24, 2.45) is 0 Å². The predicted octanol–water partition coefficient (Wildman–Crippen LogP) is 2.32. The second kappa shape index (κ2) is 8.43. The molecule has 1 saturated heterocycles. The van der Waals surface area contributed by atoms with Gasteiger partial charge in [0.25, 0.3) is 5.91 Å². The highest BCUT2D eigenvalue weighted by Crippen LogP contribution is 2.12. The largest absolute Gasteiger partial charge is 0.350 e. The Hall–Kier alpha value is -1.95. The molecule has 1 aromatic rings. The fraction of sp³-hybridized carbons (Fsp3) is 0.579. The third-order valence-corrected chi connectivity index (χ3v) is 4.76. The second-order valence-electron chi connectivity index (χ2n) is 7.32. The summed E-state index contributed by atoms with van der Waals surface area (Å²) in [7, 11) is 0. The van der Waals surface area contributed by atoms with Gasteiger partial charge in [0.1, 0.15) is 5.82 Å². The van der Waals surface area contributed by atoms with Crippen LogP contribution in [0.3, 0.4) is 0 Å². The van der Waals surface area contributed by atoms with Crippen LogP contribution in [0.4, 0.5) is 4.39 Å². The van der Waals surface area contributed by atoms with E-state index < -0.39 is 0 Å². The Morgan fingerprint density at radius 2 is 1.80 bits per heavy atom. The summed E-state index contributed by atoms with van der Waals surface area (Å²) in [5.41, 5.74) is 0.281. The first-order valence-electron chi connectivity index (χ1n) is 8.89. The molecule has 0 aromatic heterocycles. The van der Waals surface area contributed by atoms with Crippen LogP contribution in [0.15, 0.2) is 24.3 Å². The van der Waals surface area contributed by atoms with Crippen LogP contribution in [0.2, 0.25) is 0 Å². The number of amides is 2. The van der Waals surface area contributed by atoms with Crippen LogP contribution in [0.5, 0.6) is 0 Å².